The Labute approximate surface area is 175 Å². The Kier molecular flexibility index (Phi) is 6.13. The van der Waals surface area contributed by atoms with Crippen LogP contribution in [0.2, 0.25) is 5.02 Å². The molecule has 3 amide bonds. The van der Waals surface area contributed by atoms with Crippen molar-refractivity contribution in [3.05, 3.63) is 65.7 Å². The second-order valence-corrected chi connectivity index (χ2v) is 7.93. The van der Waals surface area contributed by atoms with E-state index >= 15 is 0 Å². The van der Waals surface area contributed by atoms with Gasteiger partial charge in [-0.2, -0.15) is 0 Å². The molecule has 152 valence electrons. The van der Waals surface area contributed by atoms with Gasteiger partial charge in [-0.25, -0.2) is 4.79 Å². The average molecular weight is 414 g/mol. The summed E-state index contributed by atoms with van der Waals surface area (Å²) in [6, 6.07) is 12.2. The molecule has 0 aromatic heterocycles. The van der Waals surface area contributed by atoms with Crippen LogP contribution in [0, 0.1) is 5.41 Å². The van der Waals surface area contributed by atoms with Gasteiger partial charge < -0.3 is 20.3 Å². The molecule has 0 radical (unpaired) electrons. The van der Waals surface area contributed by atoms with Crippen LogP contribution in [0.25, 0.3) is 0 Å². The van der Waals surface area contributed by atoms with Gasteiger partial charge in [-0.05, 0) is 43.7 Å². The van der Waals surface area contributed by atoms with E-state index in [1.165, 1.54) is 0 Å². The van der Waals surface area contributed by atoms with Crippen LogP contribution in [-0.2, 0) is 11.3 Å². The molecule has 0 bridgehead atoms. The summed E-state index contributed by atoms with van der Waals surface area (Å²) in [4.78, 5) is 26.7. The zero-order valence-electron chi connectivity index (χ0n) is 16.5. The quantitative estimate of drug-likeness (QED) is 0.704. The molecule has 0 saturated carbocycles. The molecule has 2 aromatic carbocycles. The van der Waals surface area contributed by atoms with Crippen molar-refractivity contribution in [1.82, 2.24) is 5.32 Å². The molecular formula is C22H24ClN3O3. The van der Waals surface area contributed by atoms with Gasteiger partial charge in [0.15, 0.2) is 0 Å². The molecule has 0 spiro atoms. The van der Waals surface area contributed by atoms with E-state index in [-0.39, 0.29) is 18.5 Å². The average Bonchev–Trinajstić information content (AvgIpc) is 2.78. The summed E-state index contributed by atoms with van der Waals surface area (Å²) >= 11 is 5.87. The minimum absolute atomic E-state index is 0.0300. The van der Waals surface area contributed by atoms with Gasteiger partial charge in [0.25, 0.3) is 0 Å². The monoisotopic (exact) mass is 413 g/mol. The standard InChI is InChI=1S/C22H24ClN3O3/c1-4-11-26-18-10-9-17(12-19(18)29-14-22(2,3)20(26)27)25-21(28)24-13-15-5-7-16(23)8-6-15/h4-10,12H,1,11,13-14H2,2-3H3,(H2,24,25,28). The lowest BCUT2D eigenvalue weighted by Crippen LogP contribution is -2.42. The maximum atomic E-state index is 12.8. The third-order valence-corrected chi connectivity index (χ3v) is 4.85. The van der Waals surface area contributed by atoms with E-state index in [1.54, 1.807) is 41.3 Å². The van der Waals surface area contributed by atoms with Crippen LogP contribution in [0.5, 0.6) is 5.75 Å². The maximum absolute atomic E-state index is 12.8. The number of amides is 3. The van der Waals surface area contributed by atoms with Crippen molar-refractivity contribution in [3.8, 4) is 5.75 Å². The van der Waals surface area contributed by atoms with Gasteiger partial charge in [-0.15, -0.1) is 6.58 Å². The zero-order chi connectivity index (χ0) is 21.0. The Bertz CT molecular complexity index is 925. The maximum Gasteiger partial charge on any atom is 0.319 e. The number of nitrogens with one attached hydrogen (secondary N) is 2. The Balaban J connectivity index is 1.71. The number of hydrogen-bond acceptors (Lipinski definition) is 3. The van der Waals surface area contributed by atoms with Crippen LogP contribution in [-0.4, -0.2) is 25.1 Å². The fourth-order valence-corrected chi connectivity index (χ4v) is 3.12. The van der Waals surface area contributed by atoms with Gasteiger partial charge in [0.2, 0.25) is 5.91 Å². The fraction of sp³-hybridized carbons (Fsp3) is 0.273. The summed E-state index contributed by atoms with van der Waals surface area (Å²) in [7, 11) is 0. The number of hydrogen-bond donors (Lipinski definition) is 2. The van der Waals surface area contributed by atoms with Crippen LogP contribution < -0.4 is 20.3 Å². The predicted molar refractivity (Wildman–Crippen MR) is 116 cm³/mol. The lowest BCUT2D eigenvalue weighted by Gasteiger charge is -2.27. The van der Waals surface area contributed by atoms with Gasteiger partial charge in [-0.1, -0.05) is 29.8 Å². The van der Waals surface area contributed by atoms with Gasteiger partial charge in [0.05, 0.1) is 11.1 Å². The number of carbonyl (C=O) groups is 2. The normalized spacial score (nSPS) is 15.0. The molecule has 2 N–H and O–H groups in total. The summed E-state index contributed by atoms with van der Waals surface area (Å²) in [5.74, 6) is 0.513. The fourth-order valence-electron chi connectivity index (χ4n) is 3.00. The first-order chi connectivity index (χ1) is 13.8. The molecule has 0 fully saturated rings. The van der Waals surface area contributed by atoms with Gasteiger partial charge in [0.1, 0.15) is 12.4 Å². The number of anilines is 2. The molecule has 7 heteroatoms. The van der Waals surface area contributed by atoms with Crippen LogP contribution in [0.1, 0.15) is 19.4 Å². The van der Waals surface area contributed by atoms with E-state index in [2.05, 4.69) is 17.2 Å². The van der Waals surface area contributed by atoms with Gasteiger partial charge >= 0.3 is 6.03 Å². The molecule has 1 aliphatic rings. The molecule has 3 rings (SSSR count). The third-order valence-electron chi connectivity index (χ3n) is 4.60. The van der Waals surface area contributed by atoms with Crippen molar-refractivity contribution in [2.45, 2.75) is 20.4 Å². The minimum atomic E-state index is -0.661. The predicted octanol–water partition coefficient (Wildman–Crippen LogP) is 4.60. The van der Waals surface area contributed by atoms with Crippen molar-refractivity contribution in [1.29, 1.82) is 0 Å². The molecule has 0 atom stereocenters. The molecule has 1 heterocycles. The third kappa shape index (κ3) is 4.90. The highest BCUT2D eigenvalue weighted by atomic mass is 35.5. The second kappa shape index (κ2) is 8.57. The minimum Gasteiger partial charge on any atom is -0.490 e. The molecular weight excluding hydrogens is 390 g/mol. The largest absolute Gasteiger partial charge is 0.490 e. The number of urea groups is 1. The number of rotatable bonds is 5. The highest BCUT2D eigenvalue weighted by Crippen LogP contribution is 2.38. The van der Waals surface area contributed by atoms with Crippen molar-refractivity contribution in [2.75, 3.05) is 23.4 Å². The first kappa shape index (κ1) is 20.7. The number of nitrogens with zero attached hydrogens (tertiary/aromatic N) is 1. The lowest BCUT2D eigenvalue weighted by atomic mass is 9.93. The summed E-state index contributed by atoms with van der Waals surface area (Å²) in [5, 5.41) is 6.24. The van der Waals surface area contributed by atoms with Crippen LogP contribution >= 0.6 is 11.6 Å². The van der Waals surface area contributed by atoms with Gasteiger partial charge in [0, 0.05) is 29.9 Å². The van der Waals surface area contributed by atoms with Crippen LogP contribution in [0.4, 0.5) is 16.2 Å². The van der Waals surface area contributed by atoms with E-state index in [0.717, 1.165) is 5.56 Å². The SMILES string of the molecule is C=CCN1C(=O)C(C)(C)COc2cc(NC(=O)NCc3ccc(Cl)cc3)ccc21. The van der Waals surface area contributed by atoms with E-state index < -0.39 is 5.41 Å². The van der Waals surface area contributed by atoms with Crippen molar-refractivity contribution in [2.24, 2.45) is 5.41 Å². The topological polar surface area (TPSA) is 70.7 Å². The smallest absolute Gasteiger partial charge is 0.319 e. The van der Waals surface area contributed by atoms with Crippen molar-refractivity contribution < 1.29 is 14.3 Å². The Morgan fingerprint density at radius 1 is 1.28 bits per heavy atom. The van der Waals surface area contributed by atoms with E-state index in [0.29, 0.717) is 35.2 Å². The second-order valence-electron chi connectivity index (χ2n) is 7.49. The lowest BCUT2D eigenvalue weighted by molar-refractivity contribution is -0.127. The summed E-state index contributed by atoms with van der Waals surface area (Å²) < 4.78 is 5.89. The van der Waals surface area contributed by atoms with E-state index in [1.807, 2.05) is 26.0 Å². The van der Waals surface area contributed by atoms with E-state index in [4.69, 9.17) is 16.3 Å². The van der Waals surface area contributed by atoms with Crippen molar-refractivity contribution >= 4 is 34.9 Å². The summed E-state index contributed by atoms with van der Waals surface area (Å²) in [6.45, 7) is 8.44. The molecule has 0 aliphatic carbocycles. The van der Waals surface area contributed by atoms with Crippen molar-refractivity contribution in [3.63, 3.8) is 0 Å². The molecule has 6 nitrogen and oxygen atoms in total. The first-order valence-corrected chi connectivity index (χ1v) is 9.67. The molecule has 2 aromatic rings. The highest BCUT2D eigenvalue weighted by molar-refractivity contribution is 6.30. The molecule has 1 aliphatic heterocycles. The summed E-state index contributed by atoms with van der Waals surface area (Å²) in [5.41, 5.74) is 1.51. The number of benzene rings is 2. The Morgan fingerprint density at radius 3 is 2.69 bits per heavy atom. The molecule has 29 heavy (non-hydrogen) atoms. The van der Waals surface area contributed by atoms with E-state index in [9.17, 15) is 9.59 Å². The zero-order valence-corrected chi connectivity index (χ0v) is 17.3. The summed E-state index contributed by atoms with van der Waals surface area (Å²) in [6.07, 6.45) is 1.68. The first-order valence-electron chi connectivity index (χ1n) is 9.29. The number of halogens is 1. The number of carbonyl (C=O) groups excluding carboxylic acids is 2. The number of ether oxygens (including phenoxy) is 1. The van der Waals surface area contributed by atoms with Gasteiger partial charge in [-0.3, -0.25) is 4.79 Å². The Hall–Kier alpha value is -2.99. The Morgan fingerprint density at radius 2 is 2.00 bits per heavy atom. The molecule has 0 saturated heterocycles. The van der Waals surface area contributed by atoms with Crippen LogP contribution in [0.15, 0.2) is 55.1 Å². The molecule has 0 unspecified atom stereocenters. The highest BCUT2D eigenvalue weighted by Gasteiger charge is 2.37. The van der Waals surface area contributed by atoms with Crippen LogP contribution in [0.3, 0.4) is 0 Å². The number of fused-ring (bicyclic) bond motifs is 1.